The van der Waals surface area contributed by atoms with E-state index in [-0.39, 0.29) is 5.75 Å². The van der Waals surface area contributed by atoms with Crippen molar-refractivity contribution < 1.29 is 27.8 Å². The molecule has 0 spiro atoms. The van der Waals surface area contributed by atoms with Crippen molar-refractivity contribution in [2.75, 3.05) is 7.11 Å². The number of rotatable bonds is 3. The Bertz CT molecular complexity index is 431. The highest BCUT2D eigenvalue weighted by molar-refractivity contribution is 5.90. The van der Waals surface area contributed by atoms with Gasteiger partial charge in [-0.05, 0) is 17.7 Å². The first-order valence-electron chi connectivity index (χ1n) is 4.51. The van der Waals surface area contributed by atoms with Gasteiger partial charge in [0.05, 0.1) is 12.7 Å². The zero-order chi connectivity index (χ0) is 13.2. The molecule has 0 heterocycles. The SMILES string of the molecule is COc1ccc([C@H](N)C(F)(F)F)c(C(=O)O)c1. The fourth-order valence-electron chi connectivity index (χ4n) is 1.30. The molecular formula is C10H10F3NO3. The van der Waals surface area contributed by atoms with Gasteiger partial charge in [0.25, 0.3) is 0 Å². The van der Waals surface area contributed by atoms with Gasteiger partial charge >= 0.3 is 12.1 Å². The van der Waals surface area contributed by atoms with Gasteiger partial charge in [0.1, 0.15) is 11.8 Å². The molecule has 1 atom stereocenters. The highest BCUT2D eigenvalue weighted by atomic mass is 19.4. The molecule has 0 aliphatic rings. The summed E-state index contributed by atoms with van der Waals surface area (Å²) in [6.45, 7) is 0. The van der Waals surface area contributed by atoms with E-state index < -0.39 is 29.3 Å². The van der Waals surface area contributed by atoms with Crippen LogP contribution in [0, 0.1) is 0 Å². The summed E-state index contributed by atoms with van der Waals surface area (Å²) in [6.07, 6.45) is -4.70. The number of carboxylic acid groups (broad SMARTS) is 1. The van der Waals surface area contributed by atoms with Crippen molar-refractivity contribution in [3.05, 3.63) is 29.3 Å². The van der Waals surface area contributed by atoms with Crippen LogP contribution in [-0.4, -0.2) is 24.4 Å². The average Bonchev–Trinajstić information content (AvgIpc) is 2.25. The van der Waals surface area contributed by atoms with Gasteiger partial charge < -0.3 is 15.6 Å². The Morgan fingerprint density at radius 3 is 2.47 bits per heavy atom. The second-order valence-electron chi connectivity index (χ2n) is 3.28. The van der Waals surface area contributed by atoms with Gasteiger partial charge in [0, 0.05) is 0 Å². The standard InChI is InChI=1S/C10H10F3NO3/c1-17-5-2-3-6(7(4-5)9(15)16)8(14)10(11,12)13/h2-4,8H,14H2,1H3,(H,15,16)/t8-/m0/s1. The van der Waals surface area contributed by atoms with Gasteiger partial charge in [0.15, 0.2) is 0 Å². The molecule has 1 aromatic carbocycles. The molecule has 0 bridgehead atoms. The van der Waals surface area contributed by atoms with Crippen molar-refractivity contribution in [3.8, 4) is 5.75 Å². The number of aromatic carboxylic acids is 1. The third kappa shape index (κ3) is 2.88. The van der Waals surface area contributed by atoms with Crippen LogP contribution < -0.4 is 10.5 Å². The van der Waals surface area contributed by atoms with Crippen LogP contribution in [0.1, 0.15) is 22.0 Å². The molecule has 17 heavy (non-hydrogen) atoms. The van der Waals surface area contributed by atoms with E-state index in [0.717, 1.165) is 12.1 Å². The Morgan fingerprint density at radius 1 is 1.47 bits per heavy atom. The van der Waals surface area contributed by atoms with E-state index in [1.165, 1.54) is 13.2 Å². The lowest BCUT2D eigenvalue weighted by Crippen LogP contribution is -2.30. The molecule has 0 aliphatic heterocycles. The minimum Gasteiger partial charge on any atom is -0.497 e. The third-order valence-electron chi connectivity index (χ3n) is 2.18. The monoisotopic (exact) mass is 249 g/mol. The second kappa shape index (κ2) is 4.62. The van der Waals surface area contributed by atoms with E-state index in [4.69, 9.17) is 15.6 Å². The van der Waals surface area contributed by atoms with Crippen molar-refractivity contribution in [1.29, 1.82) is 0 Å². The van der Waals surface area contributed by atoms with Crippen LogP contribution >= 0.6 is 0 Å². The number of nitrogens with two attached hydrogens (primary N) is 1. The largest absolute Gasteiger partial charge is 0.497 e. The molecular weight excluding hydrogens is 239 g/mol. The van der Waals surface area contributed by atoms with Crippen molar-refractivity contribution in [1.82, 2.24) is 0 Å². The van der Waals surface area contributed by atoms with Gasteiger partial charge in [0.2, 0.25) is 0 Å². The van der Waals surface area contributed by atoms with Crippen LogP contribution in [-0.2, 0) is 0 Å². The zero-order valence-electron chi connectivity index (χ0n) is 8.78. The quantitative estimate of drug-likeness (QED) is 0.858. The Balaban J connectivity index is 3.29. The maximum absolute atomic E-state index is 12.4. The Kier molecular flexibility index (Phi) is 3.62. The molecule has 0 unspecified atom stereocenters. The first-order valence-corrected chi connectivity index (χ1v) is 4.51. The summed E-state index contributed by atoms with van der Waals surface area (Å²) in [7, 11) is 1.28. The predicted octanol–water partition coefficient (Wildman–Crippen LogP) is 1.96. The average molecular weight is 249 g/mol. The molecule has 7 heteroatoms. The minimum absolute atomic E-state index is 0.153. The molecule has 0 amide bonds. The van der Waals surface area contributed by atoms with Crippen molar-refractivity contribution in [2.24, 2.45) is 5.73 Å². The van der Waals surface area contributed by atoms with E-state index in [0.29, 0.717) is 0 Å². The predicted molar refractivity (Wildman–Crippen MR) is 52.9 cm³/mol. The molecule has 1 aromatic rings. The molecule has 0 radical (unpaired) electrons. The van der Waals surface area contributed by atoms with E-state index >= 15 is 0 Å². The van der Waals surface area contributed by atoms with Gasteiger partial charge in [-0.1, -0.05) is 6.07 Å². The van der Waals surface area contributed by atoms with E-state index in [1.807, 2.05) is 0 Å². The number of carbonyl (C=O) groups is 1. The van der Waals surface area contributed by atoms with Crippen LogP contribution in [0.25, 0.3) is 0 Å². The lowest BCUT2D eigenvalue weighted by atomic mass is 10.00. The van der Waals surface area contributed by atoms with Crippen molar-refractivity contribution >= 4 is 5.97 Å². The highest BCUT2D eigenvalue weighted by Gasteiger charge is 2.39. The summed E-state index contributed by atoms with van der Waals surface area (Å²) in [4.78, 5) is 10.8. The molecule has 1 rings (SSSR count). The summed E-state index contributed by atoms with van der Waals surface area (Å²) in [5.74, 6) is -1.33. The number of methoxy groups -OCH3 is 1. The lowest BCUT2D eigenvalue weighted by molar-refractivity contribution is -0.149. The molecule has 0 fully saturated rings. The number of hydrogen-bond donors (Lipinski definition) is 2. The van der Waals surface area contributed by atoms with Gasteiger partial charge in [-0.25, -0.2) is 4.79 Å². The Labute approximate surface area is 94.8 Å². The molecule has 0 saturated carbocycles. The van der Waals surface area contributed by atoms with E-state index in [9.17, 15) is 18.0 Å². The summed E-state index contributed by atoms with van der Waals surface area (Å²) in [6, 6.07) is 0.899. The Morgan fingerprint density at radius 2 is 2.06 bits per heavy atom. The van der Waals surface area contributed by atoms with Crippen molar-refractivity contribution in [3.63, 3.8) is 0 Å². The van der Waals surface area contributed by atoms with Crippen LogP contribution in [0.15, 0.2) is 18.2 Å². The molecule has 3 N–H and O–H groups in total. The molecule has 0 aliphatic carbocycles. The zero-order valence-corrected chi connectivity index (χ0v) is 8.78. The van der Waals surface area contributed by atoms with E-state index in [2.05, 4.69) is 0 Å². The normalized spacial score (nSPS) is 13.2. The van der Waals surface area contributed by atoms with Gasteiger partial charge in [-0.3, -0.25) is 0 Å². The smallest absolute Gasteiger partial charge is 0.407 e. The van der Waals surface area contributed by atoms with E-state index in [1.54, 1.807) is 0 Å². The fourth-order valence-corrected chi connectivity index (χ4v) is 1.30. The molecule has 0 aromatic heterocycles. The third-order valence-corrected chi connectivity index (χ3v) is 2.18. The second-order valence-corrected chi connectivity index (χ2v) is 3.28. The lowest BCUT2D eigenvalue weighted by Gasteiger charge is -2.18. The number of alkyl halides is 3. The summed E-state index contributed by atoms with van der Waals surface area (Å²) >= 11 is 0. The summed E-state index contributed by atoms with van der Waals surface area (Å²) in [5, 5.41) is 8.82. The van der Waals surface area contributed by atoms with Crippen LogP contribution in [0.4, 0.5) is 13.2 Å². The first-order chi connectivity index (χ1) is 7.77. The topological polar surface area (TPSA) is 72.5 Å². The fraction of sp³-hybridized carbons (Fsp3) is 0.300. The maximum Gasteiger partial charge on any atom is 0.407 e. The number of benzene rings is 1. The number of ether oxygens (including phenoxy) is 1. The highest BCUT2D eigenvalue weighted by Crippen LogP contribution is 2.33. The Hall–Kier alpha value is -1.76. The molecule has 0 saturated heterocycles. The number of halogens is 3. The van der Waals surface area contributed by atoms with Gasteiger partial charge in [-0.15, -0.1) is 0 Å². The maximum atomic E-state index is 12.4. The minimum atomic E-state index is -4.70. The van der Waals surface area contributed by atoms with Crippen LogP contribution in [0.2, 0.25) is 0 Å². The molecule has 4 nitrogen and oxygen atoms in total. The number of hydrogen-bond acceptors (Lipinski definition) is 3. The first kappa shape index (κ1) is 13.3. The van der Waals surface area contributed by atoms with Crippen LogP contribution in [0.5, 0.6) is 5.75 Å². The van der Waals surface area contributed by atoms with Gasteiger partial charge in [-0.2, -0.15) is 13.2 Å². The molecule has 94 valence electrons. The van der Waals surface area contributed by atoms with Crippen LogP contribution in [0.3, 0.4) is 0 Å². The number of carboxylic acids is 1. The summed E-state index contributed by atoms with van der Waals surface area (Å²) < 4.78 is 42.0. The summed E-state index contributed by atoms with van der Waals surface area (Å²) in [5.41, 5.74) is 3.96. The van der Waals surface area contributed by atoms with Crippen molar-refractivity contribution in [2.45, 2.75) is 12.2 Å².